The molecule has 19 heavy (non-hydrogen) atoms. The molecule has 3 heteroatoms. The van der Waals surface area contributed by atoms with Crippen molar-refractivity contribution in [1.29, 1.82) is 0 Å². The lowest BCUT2D eigenvalue weighted by Gasteiger charge is -2.10. The molecule has 0 aliphatic heterocycles. The first-order valence-corrected chi connectivity index (χ1v) is 6.64. The molecular weight excluding hydrogens is 238 g/mol. The lowest BCUT2D eigenvalue weighted by Crippen LogP contribution is -2.25. The summed E-state index contributed by atoms with van der Waals surface area (Å²) in [4.78, 5) is 12.0. The predicted octanol–water partition coefficient (Wildman–Crippen LogP) is 3.20. The number of allylic oxidation sites excluding steroid dienone is 1. The summed E-state index contributed by atoms with van der Waals surface area (Å²) >= 11 is 0. The van der Waals surface area contributed by atoms with Crippen molar-refractivity contribution < 1.29 is 9.53 Å². The van der Waals surface area contributed by atoms with Crippen molar-refractivity contribution in [1.82, 2.24) is 5.32 Å². The zero-order valence-electron chi connectivity index (χ0n) is 12.0. The molecule has 104 valence electrons. The van der Waals surface area contributed by atoms with Gasteiger partial charge in [0.1, 0.15) is 5.75 Å². The fourth-order valence-electron chi connectivity index (χ4n) is 1.81. The lowest BCUT2D eigenvalue weighted by molar-refractivity contribution is 0.0952. The molecule has 0 aromatic heterocycles. The molecule has 1 aromatic carbocycles. The van der Waals surface area contributed by atoms with Crippen molar-refractivity contribution in [2.24, 2.45) is 5.92 Å². The molecular formula is C16H23NO2. The third-order valence-corrected chi connectivity index (χ3v) is 2.91. The molecule has 1 amide bonds. The van der Waals surface area contributed by atoms with Crippen molar-refractivity contribution in [3.63, 3.8) is 0 Å². The lowest BCUT2D eigenvalue weighted by atomic mass is 10.1. The number of ether oxygens (including phenoxy) is 1. The standard InChI is InChI=1S/C16H23NO2/c1-5-6-13-11-14(7-8-15(13)19-4)16(18)17-10-9-12(2)3/h5,7-8,11-12H,1,6,9-10H2,2-4H3,(H,17,18). The fourth-order valence-corrected chi connectivity index (χ4v) is 1.81. The van der Waals surface area contributed by atoms with Gasteiger partial charge in [-0.25, -0.2) is 0 Å². The highest BCUT2D eigenvalue weighted by molar-refractivity contribution is 5.94. The average Bonchev–Trinajstić information content (AvgIpc) is 2.38. The van der Waals surface area contributed by atoms with Crippen molar-refractivity contribution in [2.75, 3.05) is 13.7 Å². The molecule has 0 atom stereocenters. The first-order valence-electron chi connectivity index (χ1n) is 6.64. The van der Waals surface area contributed by atoms with Crippen LogP contribution in [0.25, 0.3) is 0 Å². The smallest absolute Gasteiger partial charge is 0.251 e. The molecule has 0 spiro atoms. The number of hydrogen-bond acceptors (Lipinski definition) is 2. The van der Waals surface area contributed by atoms with Gasteiger partial charge in [0.25, 0.3) is 5.91 Å². The van der Waals surface area contributed by atoms with E-state index in [0.717, 1.165) is 17.7 Å². The molecule has 3 nitrogen and oxygen atoms in total. The van der Waals surface area contributed by atoms with E-state index in [9.17, 15) is 4.79 Å². The summed E-state index contributed by atoms with van der Waals surface area (Å²) in [6.07, 6.45) is 3.48. The topological polar surface area (TPSA) is 38.3 Å². The molecule has 1 rings (SSSR count). The minimum absolute atomic E-state index is 0.0337. The Hall–Kier alpha value is -1.77. The van der Waals surface area contributed by atoms with Gasteiger partial charge in [0, 0.05) is 12.1 Å². The maximum atomic E-state index is 12.0. The zero-order chi connectivity index (χ0) is 14.3. The summed E-state index contributed by atoms with van der Waals surface area (Å²) in [6, 6.07) is 5.48. The van der Waals surface area contributed by atoms with Crippen LogP contribution in [0.1, 0.15) is 36.2 Å². The molecule has 0 radical (unpaired) electrons. The Morgan fingerprint density at radius 3 is 2.79 bits per heavy atom. The second kappa shape index (κ2) is 7.62. The molecule has 0 aliphatic carbocycles. The molecule has 0 fully saturated rings. The van der Waals surface area contributed by atoms with Crippen molar-refractivity contribution in [3.05, 3.63) is 42.0 Å². The average molecular weight is 261 g/mol. The number of carbonyl (C=O) groups excluding carboxylic acids is 1. The summed E-state index contributed by atoms with van der Waals surface area (Å²) in [5.41, 5.74) is 1.65. The van der Waals surface area contributed by atoms with Crippen LogP contribution in [0.3, 0.4) is 0 Å². The van der Waals surface area contributed by atoms with E-state index < -0.39 is 0 Å². The molecule has 0 aliphatic rings. The van der Waals surface area contributed by atoms with Crippen molar-refractivity contribution in [2.45, 2.75) is 26.7 Å². The summed E-state index contributed by atoms with van der Waals surface area (Å²) in [6.45, 7) is 8.71. The predicted molar refractivity (Wildman–Crippen MR) is 78.7 cm³/mol. The van der Waals surface area contributed by atoms with Crippen LogP contribution in [0.5, 0.6) is 5.75 Å². The van der Waals surface area contributed by atoms with Gasteiger partial charge in [-0.15, -0.1) is 6.58 Å². The highest BCUT2D eigenvalue weighted by Gasteiger charge is 2.09. The van der Waals surface area contributed by atoms with E-state index in [1.807, 2.05) is 12.1 Å². The van der Waals surface area contributed by atoms with Gasteiger partial charge >= 0.3 is 0 Å². The first-order chi connectivity index (χ1) is 9.08. The Labute approximate surface area is 115 Å². The second-order valence-electron chi connectivity index (χ2n) is 4.96. The van der Waals surface area contributed by atoms with Gasteiger partial charge < -0.3 is 10.1 Å². The van der Waals surface area contributed by atoms with Gasteiger partial charge in [0.05, 0.1) is 7.11 Å². The van der Waals surface area contributed by atoms with Crippen LogP contribution in [-0.4, -0.2) is 19.6 Å². The minimum Gasteiger partial charge on any atom is -0.496 e. The Kier molecular flexibility index (Phi) is 6.13. The van der Waals surface area contributed by atoms with E-state index in [2.05, 4.69) is 25.7 Å². The van der Waals surface area contributed by atoms with E-state index in [1.165, 1.54) is 0 Å². The van der Waals surface area contributed by atoms with Gasteiger partial charge in [0.15, 0.2) is 0 Å². The molecule has 0 bridgehead atoms. The number of nitrogens with one attached hydrogen (secondary N) is 1. The highest BCUT2D eigenvalue weighted by Crippen LogP contribution is 2.20. The van der Waals surface area contributed by atoms with Crippen LogP contribution >= 0.6 is 0 Å². The first kappa shape index (κ1) is 15.3. The maximum Gasteiger partial charge on any atom is 0.251 e. The Bertz CT molecular complexity index is 438. The molecule has 0 saturated carbocycles. The maximum absolute atomic E-state index is 12.0. The second-order valence-corrected chi connectivity index (χ2v) is 4.96. The van der Waals surface area contributed by atoms with E-state index in [4.69, 9.17) is 4.74 Å². The number of methoxy groups -OCH3 is 1. The highest BCUT2D eigenvalue weighted by atomic mass is 16.5. The Morgan fingerprint density at radius 1 is 1.47 bits per heavy atom. The normalized spacial score (nSPS) is 10.3. The van der Waals surface area contributed by atoms with E-state index in [1.54, 1.807) is 19.3 Å². The summed E-state index contributed by atoms with van der Waals surface area (Å²) in [5.74, 6) is 1.35. The molecule has 1 aromatic rings. The van der Waals surface area contributed by atoms with E-state index in [-0.39, 0.29) is 5.91 Å². The summed E-state index contributed by atoms with van der Waals surface area (Å²) in [7, 11) is 1.63. The van der Waals surface area contributed by atoms with Gasteiger partial charge in [-0.05, 0) is 42.5 Å². The number of amides is 1. The van der Waals surface area contributed by atoms with Crippen LogP contribution in [0.15, 0.2) is 30.9 Å². The third kappa shape index (κ3) is 4.78. The number of carbonyl (C=O) groups is 1. The van der Waals surface area contributed by atoms with Gasteiger partial charge in [-0.2, -0.15) is 0 Å². The van der Waals surface area contributed by atoms with Crippen LogP contribution in [0.2, 0.25) is 0 Å². The van der Waals surface area contributed by atoms with Crippen LogP contribution in [0.4, 0.5) is 0 Å². The van der Waals surface area contributed by atoms with Gasteiger partial charge in [0.2, 0.25) is 0 Å². The van der Waals surface area contributed by atoms with Crippen LogP contribution in [0, 0.1) is 5.92 Å². The monoisotopic (exact) mass is 261 g/mol. The molecule has 1 N–H and O–H groups in total. The quantitative estimate of drug-likeness (QED) is 0.765. The van der Waals surface area contributed by atoms with Gasteiger partial charge in [-0.3, -0.25) is 4.79 Å². The van der Waals surface area contributed by atoms with Gasteiger partial charge in [-0.1, -0.05) is 19.9 Å². The zero-order valence-corrected chi connectivity index (χ0v) is 12.0. The Balaban J connectivity index is 2.74. The number of benzene rings is 1. The van der Waals surface area contributed by atoms with E-state index >= 15 is 0 Å². The largest absolute Gasteiger partial charge is 0.496 e. The number of hydrogen-bond donors (Lipinski definition) is 1. The third-order valence-electron chi connectivity index (χ3n) is 2.91. The van der Waals surface area contributed by atoms with Crippen molar-refractivity contribution >= 4 is 5.91 Å². The molecule has 0 saturated heterocycles. The van der Waals surface area contributed by atoms with Crippen molar-refractivity contribution in [3.8, 4) is 5.75 Å². The minimum atomic E-state index is -0.0337. The molecule has 0 unspecified atom stereocenters. The Morgan fingerprint density at radius 2 is 2.21 bits per heavy atom. The SMILES string of the molecule is C=CCc1cc(C(=O)NCCC(C)C)ccc1OC. The van der Waals surface area contributed by atoms with Crippen LogP contribution < -0.4 is 10.1 Å². The molecule has 0 heterocycles. The van der Waals surface area contributed by atoms with Crippen LogP contribution in [-0.2, 0) is 6.42 Å². The summed E-state index contributed by atoms with van der Waals surface area (Å²) < 4.78 is 5.27. The van der Waals surface area contributed by atoms with E-state index in [0.29, 0.717) is 24.4 Å². The summed E-state index contributed by atoms with van der Waals surface area (Å²) in [5, 5.41) is 2.93. The number of rotatable bonds is 7. The fraction of sp³-hybridized carbons (Fsp3) is 0.438.